The average molecular weight is 372 g/mol. The molecule has 3 aromatic rings. The van der Waals surface area contributed by atoms with E-state index in [0.29, 0.717) is 22.9 Å². The lowest BCUT2D eigenvalue weighted by molar-refractivity contribution is -0.114. The highest BCUT2D eigenvalue weighted by molar-refractivity contribution is 6.04. The highest BCUT2D eigenvalue weighted by atomic mass is 16.2. The highest BCUT2D eigenvalue weighted by Crippen LogP contribution is 2.17. The quantitative estimate of drug-likeness (QED) is 0.632. The summed E-state index contributed by atoms with van der Waals surface area (Å²) in [4.78, 5) is 31.6. The Kier molecular flexibility index (Phi) is 5.58. The fourth-order valence-corrected chi connectivity index (χ4v) is 2.36. The van der Waals surface area contributed by atoms with Crippen LogP contribution in [-0.4, -0.2) is 21.8 Å². The van der Waals surface area contributed by atoms with E-state index >= 15 is 0 Å². The Hall–Kier alpha value is -4.25. The number of carbonyl (C=O) groups is 2. The van der Waals surface area contributed by atoms with Crippen molar-refractivity contribution in [1.82, 2.24) is 9.97 Å². The molecule has 0 aliphatic heterocycles. The van der Waals surface area contributed by atoms with Crippen LogP contribution in [0.15, 0.2) is 60.9 Å². The Bertz CT molecular complexity index is 1040. The number of nitriles is 1. The van der Waals surface area contributed by atoms with Crippen molar-refractivity contribution in [3.05, 3.63) is 72.1 Å². The molecule has 3 N–H and O–H groups in total. The van der Waals surface area contributed by atoms with Crippen molar-refractivity contribution in [2.75, 3.05) is 16.0 Å². The predicted octanol–water partition coefficient (Wildman–Crippen LogP) is 3.30. The number of hydrogen-bond donors (Lipinski definition) is 3. The second kappa shape index (κ2) is 8.42. The van der Waals surface area contributed by atoms with Gasteiger partial charge in [0.1, 0.15) is 6.07 Å². The first-order chi connectivity index (χ1) is 13.5. The van der Waals surface area contributed by atoms with Crippen LogP contribution < -0.4 is 16.0 Å². The van der Waals surface area contributed by atoms with E-state index in [1.807, 2.05) is 6.07 Å². The van der Waals surface area contributed by atoms with Crippen molar-refractivity contribution in [2.45, 2.75) is 6.92 Å². The second-order valence-electron chi connectivity index (χ2n) is 5.79. The summed E-state index contributed by atoms with van der Waals surface area (Å²) < 4.78 is 0. The monoisotopic (exact) mass is 372 g/mol. The number of carbonyl (C=O) groups excluding carboxylic acids is 2. The molecule has 0 radical (unpaired) electrons. The first-order valence-corrected chi connectivity index (χ1v) is 8.32. The number of hydrogen-bond acceptors (Lipinski definition) is 6. The van der Waals surface area contributed by atoms with Crippen molar-refractivity contribution >= 4 is 34.8 Å². The first-order valence-electron chi connectivity index (χ1n) is 8.32. The molecule has 0 aliphatic rings. The highest BCUT2D eigenvalue weighted by Gasteiger charge is 2.10. The van der Waals surface area contributed by atoms with Gasteiger partial charge in [0.2, 0.25) is 11.9 Å². The van der Waals surface area contributed by atoms with Gasteiger partial charge in [0.25, 0.3) is 5.91 Å². The van der Waals surface area contributed by atoms with Gasteiger partial charge in [-0.3, -0.25) is 9.59 Å². The summed E-state index contributed by atoms with van der Waals surface area (Å²) in [6.45, 7) is 1.44. The number of para-hydroxylation sites is 1. The van der Waals surface area contributed by atoms with Crippen molar-refractivity contribution in [2.24, 2.45) is 0 Å². The molecule has 2 aromatic carbocycles. The van der Waals surface area contributed by atoms with E-state index in [9.17, 15) is 9.59 Å². The van der Waals surface area contributed by atoms with E-state index in [-0.39, 0.29) is 11.5 Å². The lowest BCUT2D eigenvalue weighted by atomic mass is 10.2. The third-order valence-electron chi connectivity index (χ3n) is 3.67. The minimum atomic E-state index is -0.408. The van der Waals surface area contributed by atoms with Crippen LogP contribution in [0, 0.1) is 11.3 Å². The van der Waals surface area contributed by atoms with E-state index in [2.05, 4.69) is 25.9 Å². The van der Waals surface area contributed by atoms with Gasteiger partial charge < -0.3 is 16.0 Å². The van der Waals surface area contributed by atoms with Crippen molar-refractivity contribution in [3.8, 4) is 6.07 Å². The van der Waals surface area contributed by atoms with E-state index < -0.39 is 5.91 Å². The summed E-state index contributed by atoms with van der Waals surface area (Å²) in [5, 5.41) is 17.4. The van der Waals surface area contributed by atoms with Crippen molar-refractivity contribution < 1.29 is 9.59 Å². The van der Waals surface area contributed by atoms with E-state index in [1.54, 1.807) is 48.5 Å². The molecule has 8 heteroatoms. The lowest BCUT2D eigenvalue weighted by Gasteiger charge is -2.08. The zero-order valence-electron chi connectivity index (χ0n) is 14.9. The molecule has 28 heavy (non-hydrogen) atoms. The Labute approximate surface area is 161 Å². The minimum absolute atomic E-state index is 0.143. The number of benzene rings is 2. The fourth-order valence-electron chi connectivity index (χ4n) is 2.36. The second-order valence-corrected chi connectivity index (χ2v) is 5.79. The van der Waals surface area contributed by atoms with Gasteiger partial charge >= 0.3 is 0 Å². The number of nitrogens with one attached hydrogen (secondary N) is 3. The van der Waals surface area contributed by atoms with Crippen LogP contribution >= 0.6 is 0 Å². The summed E-state index contributed by atoms with van der Waals surface area (Å²) in [5.41, 5.74) is 2.48. The number of amides is 2. The summed E-state index contributed by atoms with van der Waals surface area (Å²) in [6, 6.07) is 15.8. The smallest absolute Gasteiger partial charge is 0.258 e. The molecule has 2 amide bonds. The molecule has 0 aliphatic carbocycles. The SMILES string of the molecule is CC(=O)Nc1ccc(Nc2ncc(C(=O)Nc3ccccc3C#N)cn2)cc1. The number of aromatic nitrogens is 2. The van der Waals surface area contributed by atoms with Crippen molar-refractivity contribution in [1.29, 1.82) is 5.26 Å². The lowest BCUT2D eigenvalue weighted by Crippen LogP contribution is -2.14. The molecule has 0 bridgehead atoms. The summed E-state index contributed by atoms with van der Waals surface area (Å²) >= 11 is 0. The normalized spacial score (nSPS) is 9.86. The van der Waals surface area contributed by atoms with E-state index in [1.165, 1.54) is 19.3 Å². The zero-order chi connectivity index (χ0) is 19.9. The Balaban J connectivity index is 1.65. The third kappa shape index (κ3) is 4.68. The molecule has 0 atom stereocenters. The third-order valence-corrected chi connectivity index (χ3v) is 3.67. The standard InChI is InChI=1S/C20H16N6O2/c1-13(27)24-16-6-8-17(9-7-16)25-20-22-11-15(12-23-20)19(28)26-18-5-3-2-4-14(18)10-21/h2-9,11-12H,1H3,(H,24,27)(H,26,28)(H,22,23,25). The van der Waals surface area contributed by atoms with Crippen LogP contribution in [0.25, 0.3) is 0 Å². The average Bonchev–Trinajstić information content (AvgIpc) is 2.70. The first kappa shape index (κ1) is 18.5. The van der Waals surface area contributed by atoms with Gasteiger partial charge in [-0.05, 0) is 36.4 Å². The fraction of sp³-hybridized carbons (Fsp3) is 0.0500. The summed E-state index contributed by atoms with van der Waals surface area (Å²) in [6.07, 6.45) is 2.79. The molecular formula is C20H16N6O2. The topological polar surface area (TPSA) is 120 Å². The van der Waals surface area contributed by atoms with Crippen molar-refractivity contribution in [3.63, 3.8) is 0 Å². The van der Waals surface area contributed by atoms with Crippen LogP contribution in [0.5, 0.6) is 0 Å². The Morgan fingerprint density at radius 1 is 0.929 bits per heavy atom. The molecule has 0 unspecified atom stereocenters. The van der Waals surface area contributed by atoms with Crippen LogP contribution in [0.2, 0.25) is 0 Å². The van der Waals surface area contributed by atoms with Gasteiger partial charge in [-0.2, -0.15) is 5.26 Å². The minimum Gasteiger partial charge on any atom is -0.326 e. The Morgan fingerprint density at radius 2 is 1.57 bits per heavy atom. The zero-order valence-corrected chi connectivity index (χ0v) is 14.9. The maximum atomic E-state index is 12.3. The molecule has 1 heterocycles. The van der Waals surface area contributed by atoms with E-state index in [4.69, 9.17) is 5.26 Å². The summed E-state index contributed by atoms with van der Waals surface area (Å²) in [5.74, 6) is -0.231. The molecule has 0 saturated heterocycles. The van der Waals surface area contributed by atoms with Crippen LogP contribution in [0.4, 0.5) is 23.0 Å². The molecule has 0 saturated carbocycles. The van der Waals surface area contributed by atoms with Gasteiger partial charge in [0, 0.05) is 30.7 Å². The van der Waals surface area contributed by atoms with Gasteiger partial charge in [-0.1, -0.05) is 12.1 Å². The predicted molar refractivity (Wildman–Crippen MR) is 105 cm³/mol. The van der Waals surface area contributed by atoms with Gasteiger partial charge in [-0.25, -0.2) is 9.97 Å². The van der Waals surface area contributed by atoms with Crippen LogP contribution in [0.3, 0.4) is 0 Å². The van der Waals surface area contributed by atoms with Crippen LogP contribution in [-0.2, 0) is 4.79 Å². The molecule has 0 spiro atoms. The summed E-state index contributed by atoms with van der Waals surface area (Å²) in [7, 11) is 0. The number of anilines is 4. The number of rotatable bonds is 5. The molecule has 138 valence electrons. The molecular weight excluding hydrogens is 356 g/mol. The molecule has 0 fully saturated rings. The molecule has 1 aromatic heterocycles. The maximum absolute atomic E-state index is 12.3. The maximum Gasteiger partial charge on any atom is 0.258 e. The molecule has 3 rings (SSSR count). The van der Waals surface area contributed by atoms with Gasteiger partial charge in [-0.15, -0.1) is 0 Å². The largest absolute Gasteiger partial charge is 0.326 e. The van der Waals surface area contributed by atoms with Gasteiger partial charge in [0.15, 0.2) is 0 Å². The van der Waals surface area contributed by atoms with Crippen LogP contribution in [0.1, 0.15) is 22.8 Å². The van der Waals surface area contributed by atoms with E-state index in [0.717, 1.165) is 5.69 Å². The van der Waals surface area contributed by atoms with Gasteiger partial charge in [0.05, 0.1) is 16.8 Å². The number of nitrogens with zero attached hydrogens (tertiary/aromatic N) is 3. The molecule has 8 nitrogen and oxygen atoms in total. The Morgan fingerprint density at radius 3 is 2.21 bits per heavy atom.